The second-order valence-electron chi connectivity index (χ2n) is 4.71. The lowest BCUT2D eigenvalue weighted by atomic mass is 9.94. The van der Waals surface area contributed by atoms with Gasteiger partial charge in [-0.3, -0.25) is 0 Å². The number of fused-ring (bicyclic) bond motifs is 1. The second-order valence-corrected chi connectivity index (χ2v) is 5.64. The van der Waals surface area contributed by atoms with Crippen molar-refractivity contribution in [3.05, 3.63) is 39.6 Å². The van der Waals surface area contributed by atoms with Crippen molar-refractivity contribution in [1.29, 1.82) is 0 Å². The van der Waals surface area contributed by atoms with E-state index in [9.17, 15) is 0 Å². The lowest BCUT2D eigenvalue weighted by Crippen LogP contribution is -2.18. The van der Waals surface area contributed by atoms with Gasteiger partial charge in [0.1, 0.15) is 0 Å². The van der Waals surface area contributed by atoms with Crippen molar-refractivity contribution in [3.63, 3.8) is 0 Å². The summed E-state index contributed by atoms with van der Waals surface area (Å²) < 4.78 is 2.34. The fourth-order valence-electron chi connectivity index (χ4n) is 2.57. The van der Waals surface area contributed by atoms with Gasteiger partial charge in [0.15, 0.2) is 0 Å². The van der Waals surface area contributed by atoms with E-state index in [2.05, 4.69) is 28.7 Å². The minimum Gasteiger partial charge on any atom is -0.346 e. The molecule has 4 heteroatoms. The molecule has 0 spiro atoms. The van der Waals surface area contributed by atoms with Crippen molar-refractivity contribution in [2.75, 3.05) is 0 Å². The first kappa shape index (κ1) is 11.0. The molecule has 3 rings (SSSR count). The van der Waals surface area contributed by atoms with Gasteiger partial charge in [-0.15, -0.1) is 11.3 Å². The van der Waals surface area contributed by atoms with Gasteiger partial charge in [0.2, 0.25) is 0 Å². The smallest absolute Gasteiger partial charge is 0.0798 e. The molecule has 90 valence electrons. The Bertz CT molecular complexity index is 527. The molecule has 2 heterocycles. The fourth-order valence-corrected chi connectivity index (χ4v) is 3.35. The van der Waals surface area contributed by atoms with Crippen molar-refractivity contribution in [2.45, 2.75) is 38.8 Å². The van der Waals surface area contributed by atoms with E-state index in [1.807, 2.05) is 5.51 Å². The molecule has 1 aliphatic carbocycles. The average molecular weight is 247 g/mol. The van der Waals surface area contributed by atoms with Crippen LogP contribution in [0, 0.1) is 6.92 Å². The van der Waals surface area contributed by atoms with E-state index < -0.39 is 0 Å². The molecule has 0 amide bonds. The first-order valence-corrected chi connectivity index (χ1v) is 6.96. The minimum absolute atomic E-state index is 0.238. The lowest BCUT2D eigenvalue weighted by Gasteiger charge is -2.20. The SMILES string of the molecule is Cc1ncsc1Cn1ccc2c1CCCC2N. The molecule has 3 nitrogen and oxygen atoms in total. The molecule has 0 aliphatic heterocycles. The van der Waals surface area contributed by atoms with Crippen LogP contribution in [0.2, 0.25) is 0 Å². The molecular formula is C13H17N3S. The Morgan fingerprint density at radius 2 is 2.47 bits per heavy atom. The summed E-state index contributed by atoms with van der Waals surface area (Å²) in [5.74, 6) is 0. The maximum Gasteiger partial charge on any atom is 0.0798 e. The van der Waals surface area contributed by atoms with Crippen molar-refractivity contribution >= 4 is 11.3 Å². The van der Waals surface area contributed by atoms with E-state index in [4.69, 9.17) is 5.73 Å². The summed E-state index contributed by atoms with van der Waals surface area (Å²) in [6.45, 7) is 3.02. The van der Waals surface area contributed by atoms with Crippen LogP contribution in [0.3, 0.4) is 0 Å². The molecule has 2 N–H and O–H groups in total. The third-order valence-corrected chi connectivity index (χ3v) is 4.52. The molecule has 2 aromatic heterocycles. The van der Waals surface area contributed by atoms with E-state index in [-0.39, 0.29) is 6.04 Å². The molecule has 0 bridgehead atoms. The molecular weight excluding hydrogens is 230 g/mol. The maximum atomic E-state index is 6.14. The maximum absolute atomic E-state index is 6.14. The van der Waals surface area contributed by atoms with Crippen molar-refractivity contribution in [1.82, 2.24) is 9.55 Å². The van der Waals surface area contributed by atoms with Crippen LogP contribution in [-0.4, -0.2) is 9.55 Å². The third kappa shape index (κ3) is 1.91. The van der Waals surface area contributed by atoms with Crippen molar-refractivity contribution in [3.8, 4) is 0 Å². The van der Waals surface area contributed by atoms with Gasteiger partial charge < -0.3 is 10.3 Å². The summed E-state index contributed by atoms with van der Waals surface area (Å²) >= 11 is 1.74. The number of nitrogens with zero attached hydrogens (tertiary/aromatic N) is 2. The molecule has 0 saturated carbocycles. The molecule has 17 heavy (non-hydrogen) atoms. The summed E-state index contributed by atoms with van der Waals surface area (Å²) in [5.41, 5.74) is 12.0. The number of aromatic nitrogens is 2. The summed E-state index contributed by atoms with van der Waals surface area (Å²) in [7, 11) is 0. The quantitative estimate of drug-likeness (QED) is 0.886. The first-order valence-electron chi connectivity index (χ1n) is 6.08. The van der Waals surface area contributed by atoms with E-state index in [0.29, 0.717) is 0 Å². The van der Waals surface area contributed by atoms with Gasteiger partial charge in [-0.05, 0) is 37.8 Å². The number of nitrogens with two attached hydrogens (primary N) is 1. The first-order chi connectivity index (χ1) is 8.25. The van der Waals surface area contributed by atoms with Gasteiger partial charge in [-0.1, -0.05) is 0 Å². The lowest BCUT2D eigenvalue weighted by molar-refractivity contribution is 0.548. The number of aryl methyl sites for hydroxylation is 1. The zero-order chi connectivity index (χ0) is 11.8. The van der Waals surface area contributed by atoms with Crippen molar-refractivity contribution < 1.29 is 0 Å². The Hall–Kier alpha value is -1.13. The fraction of sp³-hybridized carbons (Fsp3) is 0.462. The molecule has 0 radical (unpaired) electrons. The second kappa shape index (κ2) is 4.27. The summed E-state index contributed by atoms with van der Waals surface area (Å²) in [4.78, 5) is 5.65. The summed E-state index contributed by atoms with van der Waals surface area (Å²) in [5, 5.41) is 0. The molecule has 0 saturated heterocycles. The Labute approximate surface area is 105 Å². The number of hydrogen-bond donors (Lipinski definition) is 1. The average Bonchev–Trinajstić information content (AvgIpc) is 2.89. The highest BCUT2D eigenvalue weighted by Crippen LogP contribution is 2.29. The van der Waals surface area contributed by atoms with Crippen LogP contribution >= 0.6 is 11.3 Å². The van der Waals surface area contributed by atoms with E-state index in [0.717, 1.165) is 25.1 Å². The van der Waals surface area contributed by atoms with Crippen molar-refractivity contribution in [2.24, 2.45) is 5.73 Å². The van der Waals surface area contributed by atoms with Crippen LogP contribution in [0.15, 0.2) is 17.8 Å². The van der Waals surface area contributed by atoms with Gasteiger partial charge in [-0.25, -0.2) is 4.98 Å². The van der Waals surface area contributed by atoms with Crippen LogP contribution in [0.1, 0.15) is 40.7 Å². The molecule has 1 unspecified atom stereocenters. The Morgan fingerprint density at radius 1 is 1.59 bits per heavy atom. The van der Waals surface area contributed by atoms with Crippen LogP contribution in [0.5, 0.6) is 0 Å². The van der Waals surface area contributed by atoms with E-state index >= 15 is 0 Å². The number of thiazole rings is 1. The predicted molar refractivity (Wildman–Crippen MR) is 70.3 cm³/mol. The molecule has 0 fully saturated rings. The summed E-state index contributed by atoms with van der Waals surface area (Å²) in [6, 6.07) is 2.43. The number of rotatable bonds is 2. The van der Waals surface area contributed by atoms with E-state index in [1.165, 1.54) is 22.6 Å². The standard InChI is InChI=1S/C13H17N3S/c1-9-13(17-8-15-9)7-16-6-5-10-11(14)3-2-4-12(10)16/h5-6,8,11H,2-4,7,14H2,1H3. The summed E-state index contributed by atoms with van der Waals surface area (Å²) in [6.07, 6.45) is 5.67. The topological polar surface area (TPSA) is 43.8 Å². The van der Waals surface area contributed by atoms with Gasteiger partial charge in [0, 0.05) is 22.8 Å². The normalized spacial score (nSPS) is 19.3. The minimum atomic E-state index is 0.238. The largest absolute Gasteiger partial charge is 0.346 e. The molecule has 1 atom stereocenters. The van der Waals surface area contributed by atoms with Gasteiger partial charge in [0.25, 0.3) is 0 Å². The van der Waals surface area contributed by atoms with E-state index in [1.54, 1.807) is 11.3 Å². The van der Waals surface area contributed by atoms with Gasteiger partial charge in [-0.2, -0.15) is 0 Å². The van der Waals surface area contributed by atoms with Gasteiger partial charge >= 0.3 is 0 Å². The van der Waals surface area contributed by atoms with Crippen LogP contribution in [0.4, 0.5) is 0 Å². The highest BCUT2D eigenvalue weighted by atomic mass is 32.1. The Morgan fingerprint density at radius 3 is 3.24 bits per heavy atom. The zero-order valence-corrected chi connectivity index (χ0v) is 10.8. The molecule has 1 aliphatic rings. The molecule has 0 aromatic carbocycles. The Balaban J connectivity index is 1.92. The zero-order valence-electron chi connectivity index (χ0n) is 10.0. The third-order valence-electron chi connectivity index (χ3n) is 3.60. The molecule has 2 aromatic rings. The monoisotopic (exact) mass is 247 g/mol. The van der Waals surface area contributed by atoms with Crippen LogP contribution < -0.4 is 5.73 Å². The van der Waals surface area contributed by atoms with Crippen LogP contribution in [0.25, 0.3) is 0 Å². The predicted octanol–water partition coefficient (Wildman–Crippen LogP) is 2.64. The highest BCUT2D eigenvalue weighted by Gasteiger charge is 2.20. The Kier molecular flexibility index (Phi) is 2.76. The number of hydrogen-bond acceptors (Lipinski definition) is 3. The van der Waals surface area contributed by atoms with Crippen LogP contribution in [-0.2, 0) is 13.0 Å². The van der Waals surface area contributed by atoms with Gasteiger partial charge in [0.05, 0.1) is 17.7 Å². The highest BCUT2D eigenvalue weighted by molar-refractivity contribution is 7.09.